The second-order valence-corrected chi connectivity index (χ2v) is 4.31. The Morgan fingerprint density at radius 3 is 2.55 bits per heavy atom. The van der Waals surface area contributed by atoms with Gasteiger partial charge in [0, 0.05) is 6.04 Å². The Labute approximate surface area is 69.6 Å². The third-order valence-electron chi connectivity index (χ3n) is 3.04. The molecule has 0 spiro atoms. The van der Waals surface area contributed by atoms with Crippen LogP contribution >= 0.6 is 0 Å². The summed E-state index contributed by atoms with van der Waals surface area (Å²) in [5, 5.41) is 3.62. The van der Waals surface area contributed by atoms with Gasteiger partial charge in [-0.1, -0.05) is 12.8 Å². The number of hydrogen-bond acceptors (Lipinski definition) is 1. The molecule has 1 unspecified atom stereocenters. The van der Waals surface area contributed by atoms with E-state index in [1.807, 2.05) is 0 Å². The quantitative estimate of drug-likeness (QED) is 0.638. The lowest BCUT2D eigenvalue weighted by atomic mass is 10.2. The standard InChI is InChI=1S/C10H19N/c1-8(10-4-5-10)11-7-6-9-2-3-9/h8-11H,2-7H2,1H3. The molecule has 0 aromatic carbocycles. The van der Waals surface area contributed by atoms with Crippen LogP contribution in [-0.2, 0) is 0 Å². The SMILES string of the molecule is CC(NCCC1CC1)C1CC1. The second-order valence-electron chi connectivity index (χ2n) is 4.31. The molecule has 0 radical (unpaired) electrons. The molecule has 2 aliphatic rings. The lowest BCUT2D eigenvalue weighted by molar-refractivity contribution is 0.480. The van der Waals surface area contributed by atoms with Gasteiger partial charge in [-0.3, -0.25) is 0 Å². The zero-order valence-corrected chi connectivity index (χ0v) is 7.47. The molecular formula is C10H19N. The molecule has 0 heterocycles. The highest BCUT2D eigenvalue weighted by Crippen LogP contribution is 2.33. The largest absolute Gasteiger partial charge is 0.314 e. The third-order valence-corrected chi connectivity index (χ3v) is 3.04. The minimum Gasteiger partial charge on any atom is -0.314 e. The summed E-state index contributed by atoms with van der Waals surface area (Å²) in [6.07, 6.45) is 7.37. The summed E-state index contributed by atoms with van der Waals surface area (Å²) in [7, 11) is 0. The van der Waals surface area contributed by atoms with Gasteiger partial charge in [-0.05, 0) is 44.6 Å². The van der Waals surface area contributed by atoms with E-state index in [9.17, 15) is 0 Å². The highest BCUT2D eigenvalue weighted by molar-refractivity contribution is 4.83. The molecule has 0 aliphatic heterocycles. The van der Waals surface area contributed by atoms with Crippen LogP contribution in [0.3, 0.4) is 0 Å². The van der Waals surface area contributed by atoms with Gasteiger partial charge in [-0.25, -0.2) is 0 Å². The summed E-state index contributed by atoms with van der Waals surface area (Å²) in [5.74, 6) is 2.11. The first-order chi connectivity index (χ1) is 5.36. The fraction of sp³-hybridized carbons (Fsp3) is 1.00. The summed E-state index contributed by atoms with van der Waals surface area (Å²) in [6, 6.07) is 0.800. The zero-order valence-electron chi connectivity index (χ0n) is 7.47. The Hall–Kier alpha value is -0.0400. The average molecular weight is 153 g/mol. The van der Waals surface area contributed by atoms with Gasteiger partial charge in [0.15, 0.2) is 0 Å². The maximum Gasteiger partial charge on any atom is 0.00670 e. The zero-order chi connectivity index (χ0) is 7.68. The molecule has 2 aliphatic carbocycles. The van der Waals surface area contributed by atoms with E-state index in [2.05, 4.69) is 12.2 Å². The van der Waals surface area contributed by atoms with Gasteiger partial charge in [0.1, 0.15) is 0 Å². The maximum atomic E-state index is 3.62. The van der Waals surface area contributed by atoms with Crippen LogP contribution in [0.4, 0.5) is 0 Å². The molecule has 0 saturated heterocycles. The molecule has 1 N–H and O–H groups in total. The lowest BCUT2D eigenvalue weighted by Crippen LogP contribution is -2.28. The smallest absolute Gasteiger partial charge is 0.00670 e. The van der Waals surface area contributed by atoms with Crippen molar-refractivity contribution in [3.63, 3.8) is 0 Å². The topological polar surface area (TPSA) is 12.0 Å². The number of nitrogens with one attached hydrogen (secondary N) is 1. The van der Waals surface area contributed by atoms with Gasteiger partial charge in [-0.2, -0.15) is 0 Å². The van der Waals surface area contributed by atoms with E-state index in [1.165, 1.54) is 38.6 Å². The molecule has 1 heteroatoms. The maximum absolute atomic E-state index is 3.62. The Balaban J connectivity index is 1.50. The fourth-order valence-electron chi connectivity index (χ4n) is 1.68. The van der Waals surface area contributed by atoms with Crippen molar-refractivity contribution in [2.75, 3.05) is 6.54 Å². The van der Waals surface area contributed by atoms with E-state index in [4.69, 9.17) is 0 Å². The van der Waals surface area contributed by atoms with Crippen molar-refractivity contribution < 1.29 is 0 Å². The Kier molecular flexibility index (Phi) is 2.17. The molecule has 2 fully saturated rings. The van der Waals surface area contributed by atoms with E-state index < -0.39 is 0 Å². The molecule has 0 bridgehead atoms. The molecule has 11 heavy (non-hydrogen) atoms. The van der Waals surface area contributed by atoms with Crippen molar-refractivity contribution in [1.82, 2.24) is 5.32 Å². The van der Waals surface area contributed by atoms with Gasteiger partial charge in [0.05, 0.1) is 0 Å². The van der Waals surface area contributed by atoms with Crippen molar-refractivity contribution in [3.05, 3.63) is 0 Å². The lowest BCUT2D eigenvalue weighted by Gasteiger charge is -2.11. The molecule has 2 rings (SSSR count). The minimum atomic E-state index is 0.800. The predicted octanol–water partition coefficient (Wildman–Crippen LogP) is 2.17. The van der Waals surface area contributed by atoms with Crippen molar-refractivity contribution >= 4 is 0 Å². The van der Waals surface area contributed by atoms with Gasteiger partial charge >= 0.3 is 0 Å². The number of hydrogen-bond donors (Lipinski definition) is 1. The van der Waals surface area contributed by atoms with E-state index in [1.54, 1.807) is 0 Å². The van der Waals surface area contributed by atoms with Crippen molar-refractivity contribution in [2.45, 2.75) is 45.1 Å². The highest BCUT2D eigenvalue weighted by atomic mass is 14.9. The van der Waals surface area contributed by atoms with E-state index in [-0.39, 0.29) is 0 Å². The second kappa shape index (κ2) is 3.14. The van der Waals surface area contributed by atoms with E-state index in [0.717, 1.165) is 17.9 Å². The molecule has 1 nitrogen and oxygen atoms in total. The number of rotatable bonds is 5. The Morgan fingerprint density at radius 1 is 1.27 bits per heavy atom. The minimum absolute atomic E-state index is 0.800. The van der Waals surface area contributed by atoms with Crippen LogP contribution in [0.2, 0.25) is 0 Å². The molecule has 0 aromatic heterocycles. The van der Waals surface area contributed by atoms with Gasteiger partial charge in [0.25, 0.3) is 0 Å². The van der Waals surface area contributed by atoms with Gasteiger partial charge < -0.3 is 5.32 Å². The van der Waals surface area contributed by atoms with Crippen LogP contribution in [0.5, 0.6) is 0 Å². The molecule has 1 atom stereocenters. The summed E-state index contributed by atoms with van der Waals surface area (Å²) < 4.78 is 0. The molecule has 2 saturated carbocycles. The van der Waals surface area contributed by atoms with Crippen LogP contribution in [0.25, 0.3) is 0 Å². The Bertz CT molecular complexity index is 125. The van der Waals surface area contributed by atoms with Crippen LogP contribution in [-0.4, -0.2) is 12.6 Å². The molecule has 0 amide bonds. The van der Waals surface area contributed by atoms with E-state index >= 15 is 0 Å². The summed E-state index contributed by atoms with van der Waals surface area (Å²) >= 11 is 0. The summed E-state index contributed by atoms with van der Waals surface area (Å²) in [6.45, 7) is 3.60. The molecular weight excluding hydrogens is 134 g/mol. The monoisotopic (exact) mass is 153 g/mol. The van der Waals surface area contributed by atoms with Crippen molar-refractivity contribution in [3.8, 4) is 0 Å². The van der Waals surface area contributed by atoms with Crippen molar-refractivity contribution in [1.29, 1.82) is 0 Å². The van der Waals surface area contributed by atoms with Crippen LogP contribution in [0, 0.1) is 11.8 Å². The molecule has 64 valence electrons. The highest BCUT2D eigenvalue weighted by Gasteiger charge is 2.28. The summed E-state index contributed by atoms with van der Waals surface area (Å²) in [4.78, 5) is 0. The fourth-order valence-corrected chi connectivity index (χ4v) is 1.68. The van der Waals surface area contributed by atoms with Crippen LogP contribution in [0.15, 0.2) is 0 Å². The van der Waals surface area contributed by atoms with E-state index in [0.29, 0.717) is 0 Å². The first-order valence-corrected chi connectivity index (χ1v) is 5.09. The predicted molar refractivity (Wildman–Crippen MR) is 47.5 cm³/mol. The molecule has 0 aromatic rings. The average Bonchev–Trinajstić information content (AvgIpc) is 2.85. The van der Waals surface area contributed by atoms with Crippen molar-refractivity contribution in [2.24, 2.45) is 11.8 Å². The third kappa shape index (κ3) is 2.48. The van der Waals surface area contributed by atoms with Crippen LogP contribution in [0.1, 0.15) is 39.0 Å². The Morgan fingerprint density at radius 2 is 2.00 bits per heavy atom. The first-order valence-electron chi connectivity index (χ1n) is 5.09. The van der Waals surface area contributed by atoms with Gasteiger partial charge in [-0.15, -0.1) is 0 Å². The first kappa shape index (κ1) is 7.60. The normalized spacial score (nSPS) is 27.0. The van der Waals surface area contributed by atoms with Crippen LogP contribution < -0.4 is 5.32 Å². The van der Waals surface area contributed by atoms with Gasteiger partial charge in [0.2, 0.25) is 0 Å². The summed E-state index contributed by atoms with van der Waals surface area (Å²) in [5.41, 5.74) is 0.